The molecule has 3 unspecified atom stereocenters. The first-order chi connectivity index (χ1) is 44.5. The lowest BCUT2D eigenvalue weighted by Crippen LogP contribution is -2.46. The van der Waals surface area contributed by atoms with Gasteiger partial charge in [0.1, 0.15) is 13.2 Å². The molecule has 0 aromatic heterocycles. The second kappa shape index (κ2) is 70.7. The number of carbonyl (C=O) groups excluding carboxylic acids is 1. The van der Waals surface area contributed by atoms with Gasteiger partial charge in [-0.25, -0.2) is 0 Å². The summed E-state index contributed by atoms with van der Waals surface area (Å²) in [6, 6.07) is -0.837. The average molecular weight is 1280 g/mol. The Morgan fingerprint density at radius 2 is 0.670 bits per heavy atom. The van der Waals surface area contributed by atoms with Crippen molar-refractivity contribution in [3.63, 3.8) is 0 Å². The Kier molecular flexibility index (Phi) is 67.9. The molecule has 0 saturated heterocycles. The predicted molar refractivity (Wildman–Crippen MR) is 398 cm³/mol. The topological polar surface area (TPSA) is 108 Å². The molecule has 522 valence electrons. The summed E-state index contributed by atoms with van der Waals surface area (Å²) < 4.78 is 23.5. The number of phosphoric acid groups is 1. The molecule has 0 aliphatic heterocycles. The molecule has 0 aliphatic rings. The molecule has 1 amide bonds. The Labute approximate surface area is 563 Å². The molecule has 2 N–H and O–H groups in total. The number of nitrogens with one attached hydrogen (secondary N) is 1. The highest BCUT2D eigenvalue weighted by atomic mass is 31.2. The number of amides is 1. The van der Waals surface area contributed by atoms with Gasteiger partial charge in [0.25, 0.3) is 7.82 Å². The molecule has 3 atom stereocenters. The van der Waals surface area contributed by atoms with Crippen molar-refractivity contribution in [2.24, 2.45) is 0 Å². The van der Waals surface area contributed by atoms with Crippen molar-refractivity contribution in [3.8, 4) is 0 Å². The van der Waals surface area contributed by atoms with E-state index < -0.39 is 20.0 Å². The van der Waals surface area contributed by atoms with Crippen LogP contribution in [0.4, 0.5) is 0 Å². The lowest BCUT2D eigenvalue weighted by molar-refractivity contribution is -0.870. The second-order valence-corrected chi connectivity index (χ2v) is 27.7. The van der Waals surface area contributed by atoms with E-state index in [4.69, 9.17) is 9.05 Å². The molecule has 0 radical (unpaired) electrons. The number of nitrogens with zero attached hydrogens (tertiary/aromatic N) is 1. The van der Waals surface area contributed by atoms with E-state index in [0.29, 0.717) is 30.3 Å². The number of phosphoric ester groups is 1. The number of carbonyl (C=O) groups is 1. The molecular formula is C82H143N2O6P. The SMILES string of the molecule is CC/C=C\C/C=C\C/C=C\C/C=C\C/C=C\C/C=C\C/C=C\C/C=C\C/C=C\C/C=C\C/C=C\C/C=C\CCCCC(=O)NC(COP(=O)([O-])OCC[N+](C)(C)C)C(O)CCCCCCCCCCCCCCCCCCCCCCCCCCCCCCCC. The molecule has 0 spiro atoms. The third-order valence-corrected chi connectivity index (χ3v) is 17.3. The van der Waals surface area contributed by atoms with E-state index in [0.717, 1.165) is 109 Å². The predicted octanol–water partition coefficient (Wildman–Crippen LogP) is 24.1. The minimum atomic E-state index is -4.61. The fraction of sp³-hybridized carbons (Fsp3) is 0.695. The normalized spacial score (nSPS) is 14.4. The quantitative estimate of drug-likeness (QED) is 0.0272. The number of hydrogen-bond donors (Lipinski definition) is 2. The van der Waals surface area contributed by atoms with Crippen LogP contribution in [0.1, 0.15) is 316 Å². The summed E-state index contributed by atoms with van der Waals surface area (Å²) in [5.41, 5.74) is 0. The van der Waals surface area contributed by atoms with Crippen LogP contribution in [0.3, 0.4) is 0 Å². The van der Waals surface area contributed by atoms with Gasteiger partial charge >= 0.3 is 0 Å². The molecular weight excluding hydrogens is 1140 g/mol. The van der Waals surface area contributed by atoms with Gasteiger partial charge in [-0.2, -0.15) is 0 Å². The smallest absolute Gasteiger partial charge is 0.268 e. The molecule has 0 saturated carbocycles. The van der Waals surface area contributed by atoms with E-state index in [1.807, 2.05) is 21.1 Å². The van der Waals surface area contributed by atoms with Gasteiger partial charge in [0, 0.05) is 6.42 Å². The third-order valence-electron chi connectivity index (χ3n) is 16.3. The van der Waals surface area contributed by atoms with E-state index in [9.17, 15) is 19.4 Å². The fourth-order valence-electron chi connectivity index (χ4n) is 10.6. The van der Waals surface area contributed by atoms with Crippen LogP contribution in [-0.2, 0) is 18.4 Å². The summed E-state index contributed by atoms with van der Waals surface area (Å²) in [5.74, 6) is -0.209. The molecule has 8 nitrogen and oxygen atoms in total. The Hall–Kier alpha value is -3.62. The molecule has 0 heterocycles. The van der Waals surface area contributed by atoms with Crippen LogP contribution in [0.5, 0.6) is 0 Å². The first-order valence-corrected chi connectivity index (χ1v) is 39.1. The summed E-state index contributed by atoms with van der Waals surface area (Å²) >= 11 is 0. The zero-order valence-corrected chi connectivity index (χ0v) is 60.6. The van der Waals surface area contributed by atoms with Crippen molar-refractivity contribution < 1.29 is 32.9 Å². The molecule has 0 aliphatic carbocycles. The Bertz CT molecular complexity index is 2000. The summed E-state index contributed by atoms with van der Waals surface area (Å²) in [6.07, 6.45) is 108. The van der Waals surface area contributed by atoms with Gasteiger partial charge in [0.2, 0.25) is 5.91 Å². The molecule has 0 aromatic rings. The molecule has 0 fully saturated rings. The van der Waals surface area contributed by atoms with Crippen LogP contribution < -0.4 is 10.2 Å². The van der Waals surface area contributed by atoms with Crippen molar-refractivity contribution in [3.05, 3.63) is 146 Å². The van der Waals surface area contributed by atoms with E-state index >= 15 is 0 Å². The number of aliphatic hydroxyl groups is 1. The zero-order valence-electron chi connectivity index (χ0n) is 59.7. The van der Waals surface area contributed by atoms with Gasteiger partial charge in [-0.1, -0.05) is 352 Å². The molecule has 91 heavy (non-hydrogen) atoms. The van der Waals surface area contributed by atoms with Crippen LogP contribution >= 0.6 is 7.82 Å². The molecule has 0 aromatic carbocycles. The van der Waals surface area contributed by atoms with Crippen LogP contribution in [0, 0.1) is 0 Å². The highest BCUT2D eigenvalue weighted by molar-refractivity contribution is 7.45. The van der Waals surface area contributed by atoms with Crippen LogP contribution in [-0.4, -0.2) is 68.5 Å². The van der Waals surface area contributed by atoms with Gasteiger partial charge in [-0.05, 0) is 103 Å². The minimum absolute atomic E-state index is 0.00356. The zero-order chi connectivity index (χ0) is 66.2. The standard InChI is InChI=1S/C82H143N2O6P/c1-6-8-10-12-14-16-18-20-22-24-26-28-30-32-34-36-38-39-40-41-42-43-44-45-46-48-50-52-54-56-58-60-62-64-66-68-70-72-74-76-82(86)83-80(79-90-91(87,88)89-78-77-84(3,4)5)81(85)75-73-71-69-67-65-63-61-59-57-55-53-51-49-47-37-35-33-31-29-27-25-23-21-19-17-15-13-11-9-7-2/h8,10,14,16,20,22,26,28,32,34,38-39,41-42,44-45,48,50,54,56,60,62,66,68,80-81,85H,6-7,9,11-13,15,17-19,21,23-25,27,29-31,33,35-37,40,43,46-47,49,51-53,55,57-59,61,63-65,67,69-79H2,1-5H3,(H-,83,86,87,88)/b10-8-,16-14-,22-20-,28-26-,34-32-,39-38-,42-41-,45-44-,50-48-,56-54-,62-60-,68-66-. The molecule has 0 rings (SSSR count). The number of allylic oxidation sites excluding steroid dienone is 24. The van der Waals surface area contributed by atoms with Gasteiger partial charge in [-0.3, -0.25) is 9.36 Å². The number of unbranched alkanes of at least 4 members (excludes halogenated alkanes) is 31. The largest absolute Gasteiger partial charge is 0.756 e. The van der Waals surface area contributed by atoms with Crippen molar-refractivity contribution >= 4 is 13.7 Å². The van der Waals surface area contributed by atoms with Gasteiger partial charge in [0.15, 0.2) is 0 Å². The number of quaternary nitrogens is 1. The first-order valence-electron chi connectivity index (χ1n) is 37.7. The minimum Gasteiger partial charge on any atom is -0.756 e. The van der Waals surface area contributed by atoms with E-state index in [-0.39, 0.29) is 19.1 Å². The summed E-state index contributed by atoms with van der Waals surface area (Å²) in [7, 11) is 1.26. The lowest BCUT2D eigenvalue weighted by atomic mass is 10.0. The summed E-state index contributed by atoms with van der Waals surface area (Å²) in [5, 5.41) is 14.1. The van der Waals surface area contributed by atoms with Crippen molar-refractivity contribution in [2.75, 3.05) is 40.9 Å². The Morgan fingerprint density at radius 1 is 0.396 bits per heavy atom. The summed E-state index contributed by atoms with van der Waals surface area (Å²) in [6.45, 7) is 4.59. The lowest BCUT2D eigenvalue weighted by Gasteiger charge is -2.30. The van der Waals surface area contributed by atoms with Crippen LogP contribution in [0.2, 0.25) is 0 Å². The van der Waals surface area contributed by atoms with Gasteiger partial charge in [-0.15, -0.1) is 0 Å². The van der Waals surface area contributed by atoms with Crippen LogP contribution in [0.15, 0.2) is 146 Å². The van der Waals surface area contributed by atoms with E-state index in [2.05, 4.69) is 165 Å². The maximum Gasteiger partial charge on any atom is 0.268 e. The maximum atomic E-state index is 13.1. The van der Waals surface area contributed by atoms with Crippen molar-refractivity contribution in [1.82, 2.24) is 5.32 Å². The number of hydrogen-bond acceptors (Lipinski definition) is 6. The Balaban J connectivity index is 4.16. The number of rotatable bonds is 68. The number of likely N-dealkylation sites (N-methyl/N-ethyl adjacent to an activating group) is 1. The second-order valence-electron chi connectivity index (χ2n) is 26.3. The van der Waals surface area contributed by atoms with Gasteiger partial charge < -0.3 is 28.8 Å². The maximum absolute atomic E-state index is 13.1. The monoisotopic (exact) mass is 1280 g/mol. The average Bonchev–Trinajstić information content (AvgIpc) is 3.58. The molecule has 0 bridgehead atoms. The van der Waals surface area contributed by atoms with Crippen LogP contribution in [0.25, 0.3) is 0 Å². The highest BCUT2D eigenvalue weighted by Gasteiger charge is 2.24. The van der Waals surface area contributed by atoms with Gasteiger partial charge in [0.05, 0.1) is 39.9 Å². The highest BCUT2D eigenvalue weighted by Crippen LogP contribution is 2.38. The fourth-order valence-corrected chi connectivity index (χ4v) is 11.3. The Morgan fingerprint density at radius 3 is 0.956 bits per heavy atom. The van der Waals surface area contributed by atoms with Crippen molar-refractivity contribution in [2.45, 2.75) is 328 Å². The van der Waals surface area contributed by atoms with E-state index in [1.165, 1.54) is 173 Å². The van der Waals surface area contributed by atoms with Crippen molar-refractivity contribution in [1.29, 1.82) is 0 Å². The van der Waals surface area contributed by atoms with E-state index in [1.54, 1.807) is 0 Å². The number of aliphatic hydroxyl groups excluding tert-OH is 1. The molecule has 9 heteroatoms. The summed E-state index contributed by atoms with van der Waals surface area (Å²) in [4.78, 5) is 25.7. The first kappa shape index (κ1) is 87.4. The third kappa shape index (κ3) is 73.7.